The Hall–Kier alpha value is -2.37. The Balaban J connectivity index is 2.12. The molecule has 0 saturated carbocycles. The molecule has 0 aromatic carbocycles. The molecule has 0 bridgehead atoms. The highest BCUT2D eigenvalue weighted by Crippen LogP contribution is 2.30. The van der Waals surface area contributed by atoms with Gasteiger partial charge >= 0.3 is 5.69 Å². The van der Waals surface area contributed by atoms with Crippen molar-refractivity contribution < 1.29 is 18.5 Å². The highest BCUT2D eigenvalue weighted by atomic mass is 79.9. The van der Waals surface area contributed by atoms with Crippen LogP contribution in [-0.2, 0) is 24.9 Å². The van der Waals surface area contributed by atoms with E-state index in [1.165, 1.54) is 6.92 Å². The third-order valence-electron chi connectivity index (χ3n) is 3.35. The third kappa shape index (κ3) is 3.58. The molecule has 0 radical (unpaired) electrons. The summed E-state index contributed by atoms with van der Waals surface area (Å²) in [5.74, 6) is -0.524. The van der Waals surface area contributed by atoms with Crippen molar-refractivity contribution >= 4 is 27.5 Å². The molecule has 1 N–H and O–H groups in total. The summed E-state index contributed by atoms with van der Waals surface area (Å²) in [5.41, 5.74) is -1.11. The van der Waals surface area contributed by atoms with Crippen LogP contribution in [0.3, 0.4) is 0 Å². The van der Waals surface area contributed by atoms with Crippen molar-refractivity contribution in [1.29, 1.82) is 0 Å². The van der Waals surface area contributed by atoms with Gasteiger partial charge in [-0.2, -0.15) is 10.2 Å². The summed E-state index contributed by atoms with van der Waals surface area (Å²) in [6, 6.07) is 0. The molecule has 24 heavy (non-hydrogen) atoms. The minimum absolute atomic E-state index is 0.104. The first-order valence-electron chi connectivity index (χ1n) is 6.65. The van der Waals surface area contributed by atoms with Crippen molar-refractivity contribution in [1.82, 2.24) is 24.9 Å². The van der Waals surface area contributed by atoms with Crippen LogP contribution in [0, 0.1) is 17.0 Å². The van der Waals surface area contributed by atoms with E-state index in [2.05, 4.69) is 31.4 Å². The predicted molar refractivity (Wildman–Crippen MR) is 81.3 cm³/mol. The van der Waals surface area contributed by atoms with Crippen molar-refractivity contribution in [3.8, 4) is 0 Å². The van der Waals surface area contributed by atoms with Gasteiger partial charge in [-0.05, 0) is 22.9 Å². The summed E-state index contributed by atoms with van der Waals surface area (Å²) in [4.78, 5) is 21.9. The van der Waals surface area contributed by atoms with Crippen LogP contribution in [0.5, 0.6) is 0 Å². The van der Waals surface area contributed by atoms with E-state index >= 15 is 0 Å². The van der Waals surface area contributed by atoms with Crippen LogP contribution in [0.4, 0.5) is 14.5 Å². The average Bonchev–Trinajstić information content (AvgIpc) is 2.98. The summed E-state index contributed by atoms with van der Waals surface area (Å²) >= 11 is 3.28. The maximum atomic E-state index is 12.8. The van der Waals surface area contributed by atoms with Gasteiger partial charge in [-0.15, -0.1) is 0 Å². The lowest BCUT2D eigenvalue weighted by atomic mass is 10.3. The summed E-state index contributed by atoms with van der Waals surface area (Å²) in [5, 5.41) is 21.0. The van der Waals surface area contributed by atoms with E-state index in [0.717, 1.165) is 4.68 Å². The second-order valence-electron chi connectivity index (χ2n) is 4.87. The molecular formula is C12H13BrF2N6O3. The zero-order chi connectivity index (χ0) is 18.0. The average molecular weight is 407 g/mol. The lowest BCUT2D eigenvalue weighted by Gasteiger charge is -2.07. The Morgan fingerprint density at radius 2 is 2.21 bits per heavy atom. The maximum Gasteiger partial charge on any atom is 0.319 e. The van der Waals surface area contributed by atoms with Gasteiger partial charge in [0.25, 0.3) is 6.43 Å². The number of halogens is 3. The van der Waals surface area contributed by atoms with E-state index in [9.17, 15) is 23.7 Å². The van der Waals surface area contributed by atoms with E-state index in [4.69, 9.17) is 0 Å². The smallest absolute Gasteiger partial charge is 0.319 e. The number of hydrogen-bond acceptors (Lipinski definition) is 5. The first kappa shape index (κ1) is 18.0. The van der Waals surface area contributed by atoms with Crippen molar-refractivity contribution in [2.24, 2.45) is 7.05 Å². The van der Waals surface area contributed by atoms with Crippen molar-refractivity contribution in [2.75, 3.05) is 0 Å². The number of carbonyl (C=O) groups is 1. The number of hydrogen-bond donors (Lipinski definition) is 1. The largest absolute Gasteiger partial charge is 0.349 e. The first-order valence-corrected chi connectivity index (χ1v) is 7.44. The molecule has 1 amide bonds. The number of aryl methyl sites for hydroxylation is 1. The number of amides is 1. The number of nitrogens with one attached hydrogen (secondary N) is 1. The zero-order valence-corrected chi connectivity index (χ0v) is 14.2. The predicted octanol–water partition coefficient (Wildman–Crippen LogP) is 1.85. The summed E-state index contributed by atoms with van der Waals surface area (Å²) in [6.07, 6.45) is -1.53. The standard InChI is InChI=1S/C12H13BrF2N6O3/c1-6-11(21(23)24)10(12(14)15)18-20(6)5-9(22)16-4-8-7(13)3-17-19(8)2/h3,12H,4-5H2,1-2H3,(H,16,22). The molecule has 0 aliphatic carbocycles. The monoisotopic (exact) mass is 406 g/mol. The lowest BCUT2D eigenvalue weighted by molar-refractivity contribution is -0.386. The summed E-state index contributed by atoms with van der Waals surface area (Å²) < 4.78 is 28.9. The third-order valence-corrected chi connectivity index (χ3v) is 4.01. The molecule has 0 atom stereocenters. The SMILES string of the molecule is Cc1c([N+](=O)[O-])c(C(F)F)nn1CC(=O)NCc1c(Br)cnn1C. The minimum atomic E-state index is -3.10. The normalized spacial score (nSPS) is 11.1. The minimum Gasteiger partial charge on any atom is -0.349 e. The molecule has 0 fully saturated rings. The molecular weight excluding hydrogens is 394 g/mol. The summed E-state index contributed by atoms with van der Waals surface area (Å²) in [7, 11) is 1.70. The molecule has 0 spiro atoms. The van der Waals surface area contributed by atoms with Gasteiger partial charge in [0.15, 0.2) is 0 Å². The molecule has 2 aromatic heterocycles. The molecule has 12 heteroatoms. The molecule has 2 rings (SSSR count). The number of nitro groups is 1. The molecule has 0 aliphatic rings. The fourth-order valence-corrected chi connectivity index (χ4v) is 2.58. The van der Waals surface area contributed by atoms with Gasteiger partial charge in [0.05, 0.1) is 27.8 Å². The Kier molecular flexibility index (Phi) is 5.26. The molecule has 2 aromatic rings. The molecule has 2 heterocycles. The zero-order valence-electron chi connectivity index (χ0n) is 12.7. The fraction of sp³-hybridized carbons (Fsp3) is 0.417. The number of aromatic nitrogens is 4. The van der Waals surface area contributed by atoms with Gasteiger partial charge in [-0.3, -0.25) is 24.3 Å². The molecule has 0 unspecified atom stereocenters. The second kappa shape index (κ2) is 7.03. The molecule has 0 aliphatic heterocycles. The van der Waals surface area contributed by atoms with E-state index in [1.54, 1.807) is 17.9 Å². The molecule has 9 nitrogen and oxygen atoms in total. The van der Waals surface area contributed by atoms with Gasteiger partial charge in [0.1, 0.15) is 12.2 Å². The van der Waals surface area contributed by atoms with Crippen molar-refractivity contribution in [3.05, 3.63) is 37.9 Å². The highest BCUT2D eigenvalue weighted by Gasteiger charge is 2.31. The van der Waals surface area contributed by atoms with Gasteiger partial charge in [0.2, 0.25) is 11.6 Å². The quantitative estimate of drug-likeness (QED) is 0.581. The Morgan fingerprint density at radius 3 is 2.67 bits per heavy atom. The topological polar surface area (TPSA) is 108 Å². The fourth-order valence-electron chi connectivity index (χ4n) is 2.10. The van der Waals surface area contributed by atoms with E-state index in [1.807, 2.05) is 0 Å². The van der Waals surface area contributed by atoms with Crippen LogP contribution in [0.15, 0.2) is 10.7 Å². The van der Waals surface area contributed by atoms with Crippen LogP contribution in [0.2, 0.25) is 0 Å². The highest BCUT2D eigenvalue weighted by molar-refractivity contribution is 9.10. The van der Waals surface area contributed by atoms with Crippen LogP contribution >= 0.6 is 15.9 Å². The Bertz CT molecular complexity index is 769. The number of alkyl halides is 2. The van der Waals surface area contributed by atoms with Crippen molar-refractivity contribution in [3.63, 3.8) is 0 Å². The number of nitrogens with zero attached hydrogens (tertiary/aromatic N) is 5. The Labute approximate surface area is 142 Å². The Morgan fingerprint density at radius 1 is 1.54 bits per heavy atom. The van der Waals surface area contributed by atoms with Crippen LogP contribution in [0.25, 0.3) is 0 Å². The van der Waals surface area contributed by atoms with Crippen LogP contribution < -0.4 is 5.32 Å². The number of rotatable bonds is 6. The maximum absolute atomic E-state index is 12.8. The van der Waals surface area contributed by atoms with Gasteiger partial charge in [0, 0.05) is 7.05 Å². The van der Waals surface area contributed by atoms with Gasteiger partial charge in [-0.1, -0.05) is 0 Å². The molecule has 0 saturated heterocycles. The van der Waals surface area contributed by atoms with E-state index < -0.39 is 35.2 Å². The molecule has 130 valence electrons. The summed E-state index contributed by atoms with van der Waals surface area (Å²) in [6.45, 7) is 1.01. The van der Waals surface area contributed by atoms with Gasteiger partial charge in [-0.25, -0.2) is 8.78 Å². The van der Waals surface area contributed by atoms with Gasteiger partial charge < -0.3 is 5.32 Å². The van der Waals surface area contributed by atoms with E-state index in [-0.39, 0.29) is 12.2 Å². The van der Waals surface area contributed by atoms with Crippen molar-refractivity contribution in [2.45, 2.75) is 26.4 Å². The van der Waals surface area contributed by atoms with E-state index in [0.29, 0.717) is 10.2 Å². The first-order chi connectivity index (χ1) is 11.2. The van der Waals surface area contributed by atoms with Crippen LogP contribution in [0.1, 0.15) is 23.5 Å². The second-order valence-corrected chi connectivity index (χ2v) is 5.73. The number of carbonyl (C=O) groups excluding carboxylic acids is 1. The van der Waals surface area contributed by atoms with Crippen LogP contribution in [-0.4, -0.2) is 30.4 Å². The lowest BCUT2D eigenvalue weighted by Crippen LogP contribution is -2.29.